The summed E-state index contributed by atoms with van der Waals surface area (Å²) in [7, 11) is 0. The molecule has 0 aliphatic heterocycles. The van der Waals surface area contributed by atoms with Crippen LogP contribution in [-0.4, -0.2) is 30.4 Å². The number of ether oxygens (including phenoxy) is 1. The van der Waals surface area contributed by atoms with Crippen molar-refractivity contribution in [1.82, 2.24) is 10.6 Å². The molecule has 2 unspecified atom stereocenters. The molecule has 2 rings (SSSR count). The van der Waals surface area contributed by atoms with E-state index >= 15 is 0 Å². The Morgan fingerprint density at radius 2 is 1.61 bits per heavy atom. The average Bonchev–Trinajstić information content (AvgIpc) is 2.68. The number of carbonyl (C=O) groups excluding carboxylic acids is 3. The zero-order chi connectivity index (χ0) is 20.5. The molecule has 0 radical (unpaired) electrons. The van der Waals surface area contributed by atoms with E-state index in [1.807, 2.05) is 56.3 Å². The maximum atomic E-state index is 12.2. The number of rotatable bonds is 8. The zero-order valence-corrected chi connectivity index (χ0v) is 16.4. The van der Waals surface area contributed by atoms with E-state index in [1.165, 1.54) is 6.92 Å². The Morgan fingerprint density at radius 3 is 2.29 bits per heavy atom. The number of aryl methyl sites for hydroxylation is 1. The van der Waals surface area contributed by atoms with Crippen LogP contribution in [-0.2, 0) is 14.3 Å². The number of benzene rings is 2. The van der Waals surface area contributed by atoms with Crippen LogP contribution in [0.3, 0.4) is 0 Å². The molecular weight excluding hydrogens is 356 g/mol. The molecule has 0 saturated carbocycles. The van der Waals surface area contributed by atoms with Gasteiger partial charge in [0.2, 0.25) is 0 Å². The van der Waals surface area contributed by atoms with Crippen molar-refractivity contribution < 1.29 is 19.1 Å². The number of nitrogens with one attached hydrogen (secondary N) is 2. The summed E-state index contributed by atoms with van der Waals surface area (Å²) in [5.41, 5.74) is 2.40. The molecule has 2 aromatic rings. The van der Waals surface area contributed by atoms with Crippen molar-refractivity contribution >= 4 is 17.8 Å². The molecule has 2 aromatic carbocycles. The molecule has 0 fully saturated rings. The maximum Gasteiger partial charge on any atom is 0.308 e. The van der Waals surface area contributed by atoms with Crippen LogP contribution in [0, 0.1) is 6.92 Å². The predicted octanol–water partition coefficient (Wildman–Crippen LogP) is 2.92. The Bertz CT molecular complexity index is 820. The zero-order valence-electron chi connectivity index (χ0n) is 16.4. The fraction of sp³-hybridized carbons (Fsp3) is 0.318. The van der Waals surface area contributed by atoms with Gasteiger partial charge in [-0.2, -0.15) is 0 Å². The van der Waals surface area contributed by atoms with E-state index < -0.39 is 12.1 Å². The van der Waals surface area contributed by atoms with Gasteiger partial charge in [-0.25, -0.2) is 0 Å². The Morgan fingerprint density at radius 1 is 0.964 bits per heavy atom. The fourth-order valence-electron chi connectivity index (χ4n) is 2.67. The third-order valence-corrected chi connectivity index (χ3v) is 4.34. The van der Waals surface area contributed by atoms with Crippen molar-refractivity contribution in [1.29, 1.82) is 0 Å². The van der Waals surface area contributed by atoms with Crippen LogP contribution in [0.4, 0.5) is 0 Å². The van der Waals surface area contributed by atoms with E-state index in [0.717, 1.165) is 11.1 Å². The van der Waals surface area contributed by atoms with Crippen LogP contribution in [0.25, 0.3) is 0 Å². The van der Waals surface area contributed by atoms with Gasteiger partial charge in [-0.1, -0.05) is 48.5 Å². The van der Waals surface area contributed by atoms with Gasteiger partial charge in [0, 0.05) is 12.1 Å². The van der Waals surface area contributed by atoms with Gasteiger partial charge in [-0.05, 0) is 38.0 Å². The van der Waals surface area contributed by atoms with Crippen LogP contribution >= 0.6 is 0 Å². The van der Waals surface area contributed by atoms with Gasteiger partial charge in [-0.3, -0.25) is 14.4 Å². The van der Waals surface area contributed by atoms with Crippen molar-refractivity contribution in [3.63, 3.8) is 0 Å². The average molecular weight is 382 g/mol. The molecule has 0 aromatic heterocycles. The predicted molar refractivity (Wildman–Crippen MR) is 107 cm³/mol. The summed E-state index contributed by atoms with van der Waals surface area (Å²) in [6, 6.07) is 16.5. The normalized spacial score (nSPS) is 12.5. The first-order valence-corrected chi connectivity index (χ1v) is 9.27. The van der Waals surface area contributed by atoms with E-state index in [1.54, 1.807) is 12.1 Å². The van der Waals surface area contributed by atoms with Crippen molar-refractivity contribution in [3.8, 4) is 0 Å². The lowest BCUT2D eigenvalue weighted by atomic mass is 10.1. The monoisotopic (exact) mass is 382 g/mol. The number of carbonyl (C=O) groups is 3. The first-order chi connectivity index (χ1) is 13.4. The molecule has 28 heavy (non-hydrogen) atoms. The molecule has 6 nitrogen and oxygen atoms in total. The molecule has 0 spiro atoms. The van der Waals surface area contributed by atoms with E-state index in [9.17, 15) is 14.4 Å². The highest BCUT2D eigenvalue weighted by atomic mass is 16.5. The lowest BCUT2D eigenvalue weighted by molar-refractivity contribution is -0.154. The van der Waals surface area contributed by atoms with Crippen molar-refractivity contribution in [2.45, 2.75) is 39.3 Å². The third-order valence-electron chi connectivity index (χ3n) is 4.34. The highest BCUT2D eigenvalue weighted by Crippen LogP contribution is 2.11. The summed E-state index contributed by atoms with van der Waals surface area (Å²) in [5, 5.41) is 5.50. The molecule has 0 heterocycles. The number of hydrogen-bond acceptors (Lipinski definition) is 4. The summed E-state index contributed by atoms with van der Waals surface area (Å²) < 4.78 is 5.16. The highest BCUT2D eigenvalue weighted by molar-refractivity contribution is 5.95. The summed E-state index contributed by atoms with van der Waals surface area (Å²) in [5.74, 6) is -1.15. The Hall–Kier alpha value is -3.15. The quantitative estimate of drug-likeness (QED) is 0.688. The summed E-state index contributed by atoms with van der Waals surface area (Å²) in [6.07, 6.45) is -0.922. The molecule has 148 valence electrons. The molecule has 6 heteroatoms. The van der Waals surface area contributed by atoms with Crippen molar-refractivity contribution in [2.24, 2.45) is 0 Å². The van der Waals surface area contributed by atoms with Gasteiger partial charge >= 0.3 is 5.97 Å². The Labute approximate surface area is 165 Å². The van der Waals surface area contributed by atoms with Gasteiger partial charge in [0.25, 0.3) is 11.8 Å². The van der Waals surface area contributed by atoms with Crippen LogP contribution < -0.4 is 10.6 Å². The summed E-state index contributed by atoms with van der Waals surface area (Å²) >= 11 is 0. The standard InChI is InChI=1S/C22H26N2O4/c1-15-9-7-8-12-19(15)22(27)23-14-13-20(25)28-17(3)21(26)24-16(2)18-10-5-4-6-11-18/h4-12,16-17H,13-14H2,1-3H3,(H,23,27)(H,24,26). The molecule has 0 aliphatic carbocycles. The molecule has 2 amide bonds. The molecule has 2 N–H and O–H groups in total. The van der Waals surface area contributed by atoms with Crippen molar-refractivity contribution in [3.05, 3.63) is 71.3 Å². The smallest absolute Gasteiger partial charge is 0.308 e. The van der Waals surface area contributed by atoms with Crippen LogP contribution in [0.5, 0.6) is 0 Å². The van der Waals surface area contributed by atoms with E-state index in [-0.39, 0.29) is 30.8 Å². The first-order valence-electron chi connectivity index (χ1n) is 9.27. The van der Waals surface area contributed by atoms with Crippen LogP contribution in [0.2, 0.25) is 0 Å². The maximum absolute atomic E-state index is 12.2. The minimum absolute atomic E-state index is 0.0104. The number of esters is 1. The van der Waals surface area contributed by atoms with E-state index in [2.05, 4.69) is 10.6 Å². The number of amides is 2. The van der Waals surface area contributed by atoms with E-state index in [0.29, 0.717) is 5.56 Å². The van der Waals surface area contributed by atoms with E-state index in [4.69, 9.17) is 4.74 Å². The summed E-state index contributed by atoms with van der Waals surface area (Å²) in [4.78, 5) is 36.3. The third kappa shape index (κ3) is 6.23. The van der Waals surface area contributed by atoms with Crippen molar-refractivity contribution in [2.75, 3.05) is 6.54 Å². The largest absolute Gasteiger partial charge is 0.452 e. The summed E-state index contributed by atoms with van der Waals surface area (Å²) in [6.45, 7) is 5.38. The topological polar surface area (TPSA) is 84.5 Å². The fourth-order valence-corrected chi connectivity index (χ4v) is 2.67. The minimum Gasteiger partial charge on any atom is -0.452 e. The minimum atomic E-state index is -0.911. The molecule has 0 saturated heterocycles. The molecule has 0 aliphatic rings. The van der Waals surface area contributed by atoms with Gasteiger partial charge in [0.1, 0.15) is 0 Å². The number of hydrogen-bond donors (Lipinski definition) is 2. The Balaban J connectivity index is 1.74. The molecular formula is C22H26N2O4. The van der Waals surface area contributed by atoms with Gasteiger partial charge in [0.05, 0.1) is 12.5 Å². The SMILES string of the molecule is Cc1ccccc1C(=O)NCCC(=O)OC(C)C(=O)NC(C)c1ccccc1. The lowest BCUT2D eigenvalue weighted by Crippen LogP contribution is -2.37. The second kappa shape index (κ2) is 10.3. The Kier molecular flexibility index (Phi) is 7.75. The first kappa shape index (κ1) is 21.2. The molecule has 2 atom stereocenters. The van der Waals surface area contributed by atoms with Crippen LogP contribution in [0.15, 0.2) is 54.6 Å². The van der Waals surface area contributed by atoms with Crippen LogP contribution in [0.1, 0.15) is 47.8 Å². The van der Waals surface area contributed by atoms with Gasteiger partial charge < -0.3 is 15.4 Å². The second-order valence-corrected chi connectivity index (χ2v) is 6.59. The second-order valence-electron chi connectivity index (χ2n) is 6.59. The van der Waals surface area contributed by atoms with Gasteiger partial charge in [0.15, 0.2) is 6.10 Å². The molecule has 0 bridgehead atoms. The highest BCUT2D eigenvalue weighted by Gasteiger charge is 2.20. The lowest BCUT2D eigenvalue weighted by Gasteiger charge is -2.18. The van der Waals surface area contributed by atoms with Gasteiger partial charge in [-0.15, -0.1) is 0 Å².